The number of hydrogen-bond donors (Lipinski definition) is 2. The molecule has 3 heterocycles. The summed E-state index contributed by atoms with van der Waals surface area (Å²) in [6.45, 7) is 4.03. The van der Waals surface area contributed by atoms with Crippen LogP contribution in [0.15, 0.2) is 67.1 Å². The van der Waals surface area contributed by atoms with Crippen LogP contribution in [0.2, 0.25) is 0 Å². The van der Waals surface area contributed by atoms with Gasteiger partial charge < -0.3 is 10.1 Å². The molecule has 0 saturated carbocycles. The molecule has 37 heavy (non-hydrogen) atoms. The molecule has 0 radical (unpaired) electrons. The van der Waals surface area contributed by atoms with Crippen LogP contribution in [0.3, 0.4) is 0 Å². The van der Waals surface area contributed by atoms with E-state index in [4.69, 9.17) is 4.74 Å². The minimum Gasteiger partial charge on any atom is -0.497 e. The molecule has 0 aliphatic heterocycles. The van der Waals surface area contributed by atoms with Gasteiger partial charge in [0.05, 0.1) is 42.1 Å². The van der Waals surface area contributed by atoms with E-state index in [1.807, 2.05) is 45.2 Å². The smallest absolute Gasteiger partial charge is 0.324 e. The van der Waals surface area contributed by atoms with Crippen LogP contribution in [-0.2, 0) is 7.05 Å². The van der Waals surface area contributed by atoms with Gasteiger partial charge in [-0.25, -0.2) is 13.9 Å². The lowest BCUT2D eigenvalue weighted by Crippen LogP contribution is -2.22. The number of nitrogens with one attached hydrogen (secondary N) is 2. The first-order valence-electron chi connectivity index (χ1n) is 11.7. The summed E-state index contributed by atoms with van der Waals surface area (Å²) >= 11 is 0. The van der Waals surface area contributed by atoms with E-state index in [1.54, 1.807) is 47.2 Å². The van der Waals surface area contributed by atoms with E-state index in [2.05, 4.69) is 25.8 Å². The van der Waals surface area contributed by atoms with Crippen LogP contribution < -0.4 is 15.4 Å². The van der Waals surface area contributed by atoms with Gasteiger partial charge in [0.1, 0.15) is 17.4 Å². The van der Waals surface area contributed by atoms with E-state index >= 15 is 4.39 Å². The summed E-state index contributed by atoms with van der Waals surface area (Å²) in [5.74, 6) is 0.742. The molecule has 5 aromatic rings. The predicted octanol–water partition coefficient (Wildman–Crippen LogP) is 5.74. The molecule has 0 atom stereocenters. The van der Waals surface area contributed by atoms with E-state index in [0.29, 0.717) is 17.1 Å². The Bertz CT molecular complexity index is 1590. The van der Waals surface area contributed by atoms with Crippen molar-refractivity contribution < 1.29 is 13.9 Å². The first-order valence-corrected chi connectivity index (χ1v) is 11.7. The molecule has 0 spiro atoms. The Morgan fingerprint density at radius 2 is 1.81 bits per heavy atom. The Balaban J connectivity index is 1.38. The topological polar surface area (TPSA) is 98.9 Å². The lowest BCUT2D eigenvalue weighted by molar-refractivity contribution is 0.262. The second kappa shape index (κ2) is 9.73. The Kier molecular flexibility index (Phi) is 6.31. The molecule has 0 bridgehead atoms. The maximum Gasteiger partial charge on any atom is 0.324 e. The highest BCUT2D eigenvalue weighted by molar-refractivity contribution is 6.00. The van der Waals surface area contributed by atoms with Crippen molar-refractivity contribution in [2.24, 2.45) is 7.05 Å². The van der Waals surface area contributed by atoms with Gasteiger partial charge in [0.25, 0.3) is 0 Å². The number of methoxy groups -OCH3 is 1. The monoisotopic (exact) mass is 499 g/mol. The summed E-state index contributed by atoms with van der Waals surface area (Å²) in [6, 6.07) is 13.2. The van der Waals surface area contributed by atoms with Crippen molar-refractivity contribution in [1.82, 2.24) is 24.5 Å². The van der Waals surface area contributed by atoms with Gasteiger partial charge in [-0.15, -0.1) is 0 Å². The molecule has 0 aliphatic rings. The van der Waals surface area contributed by atoms with Crippen molar-refractivity contribution >= 4 is 28.4 Å². The second-order valence-corrected chi connectivity index (χ2v) is 8.88. The van der Waals surface area contributed by atoms with Crippen LogP contribution in [0, 0.1) is 5.82 Å². The summed E-state index contributed by atoms with van der Waals surface area (Å²) in [5, 5.41) is 15.1. The number of fused-ring (bicyclic) bond motifs is 1. The maximum absolute atomic E-state index is 15.1. The van der Waals surface area contributed by atoms with Crippen molar-refractivity contribution in [1.29, 1.82) is 0 Å². The highest BCUT2D eigenvalue weighted by Gasteiger charge is 2.16. The van der Waals surface area contributed by atoms with Gasteiger partial charge in [0.15, 0.2) is 0 Å². The zero-order valence-corrected chi connectivity index (χ0v) is 20.9. The number of rotatable bonds is 6. The molecular weight excluding hydrogens is 473 g/mol. The van der Waals surface area contributed by atoms with Crippen molar-refractivity contribution in [3.05, 3.63) is 78.6 Å². The fourth-order valence-corrected chi connectivity index (χ4v) is 4.03. The third-order valence-corrected chi connectivity index (χ3v) is 6.08. The summed E-state index contributed by atoms with van der Waals surface area (Å²) in [4.78, 5) is 17.1. The highest BCUT2D eigenvalue weighted by Crippen LogP contribution is 2.30. The van der Waals surface area contributed by atoms with Crippen LogP contribution in [0.5, 0.6) is 5.75 Å². The Morgan fingerprint density at radius 3 is 2.51 bits per heavy atom. The molecule has 2 aromatic carbocycles. The SMILES string of the molecule is COc1ccc(-n2nc(C(C)C)cc2NC(=O)Nc2ccc(-c3cncc4c3cnn4C)cc2F)cc1. The number of carbonyl (C=O) groups is 1. The highest BCUT2D eigenvalue weighted by atomic mass is 19.1. The summed E-state index contributed by atoms with van der Waals surface area (Å²) in [6.07, 6.45) is 5.11. The Hall–Kier alpha value is -4.73. The second-order valence-electron chi connectivity index (χ2n) is 8.88. The molecule has 2 N–H and O–H groups in total. The lowest BCUT2D eigenvalue weighted by atomic mass is 10.0. The number of urea groups is 1. The average molecular weight is 500 g/mol. The number of benzene rings is 2. The molecule has 0 saturated heterocycles. The molecule has 0 unspecified atom stereocenters. The zero-order chi connectivity index (χ0) is 26.1. The van der Waals surface area contributed by atoms with Crippen LogP contribution in [0.4, 0.5) is 20.7 Å². The normalized spacial score (nSPS) is 11.2. The van der Waals surface area contributed by atoms with Gasteiger partial charge in [0, 0.05) is 30.3 Å². The average Bonchev–Trinajstić information content (AvgIpc) is 3.49. The zero-order valence-electron chi connectivity index (χ0n) is 20.9. The number of halogens is 1. The van der Waals surface area contributed by atoms with Crippen LogP contribution in [0.25, 0.3) is 27.7 Å². The van der Waals surface area contributed by atoms with E-state index in [9.17, 15) is 4.79 Å². The Labute approximate surface area is 212 Å². The first kappa shape index (κ1) is 24.0. The summed E-state index contributed by atoms with van der Waals surface area (Å²) in [5.41, 5.74) is 3.83. The number of nitrogens with zero attached hydrogens (tertiary/aromatic N) is 5. The van der Waals surface area contributed by atoms with Crippen LogP contribution in [0.1, 0.15) is 25.5 Å². The number of carbonyl (C=O) groups excluding carboxylic acids is 1. The van der Waals surface area contributed by atoms with Gasteiger partial charge in [-0.3, -0.25) is 15.0 Å². The predicted molar refractivity (Wildman–Crippen MR) is 141 cm³/mol. The standard InChI is InChI=1S/C27H26FN7O2/c1-16(2)24-12-26(35(33-24)18-6-8-19(37-4)9-7-18)32-27(36)31-23-10-5-17(11-22(23)28)20-13-29-15-25-21(20)14-30-34(25)3/h5-16H,1-4H3,(H2,31,32,36). The number of aryl methyl sites for hydroxylation is 1. The number of anilines is 2. The van der Waals surface area contributed by atoms with E-state index in [-0.39, 0.29) is 11.6 Å². The summed E-state index contributed by atoms with van der Waals surface area (Å²) in [7, 11) is 3.42. The van der Waals surface area contributed by atoms with Crippen molar-refractivity contribution in [2.75, 3.05) is 17.7 Å². The van der Waals surface area contributed by atoms with Crippen molar-refractivity contribution in [3.63, 3.8) is 0 Å². The molecular formula is C27H26FN7O2. The van der Waals surface area contributed by atoms with Crippen molar-refractivity contribution in [3.8, 4) is 22.6 Å². The quantitative estimate of drug-likeness (QED) is 0.311. The van der Waals surface area contributed by atoms with Gasteiger partial charge >= 0.3 is 6.03 Å². The number of ether oxygens (including phenoxy) is 1. The van der Waals surface area contributed by atoms with Gasteiger partial charge in [-0.2, -0.15) is 10.2 Å². The van der Waals surface area contributed by atoms with E-state index in [0.717, 1.165) is 27.8 Å². The first-order chi connectivity index (χ1) is 17.8. The lowest BCUT2D eigenvalue weighted by Gasteiger charge is -2.12. The molecule has 9 nitrogen and oxygen atoms in total. The van der Waals surface area contributed by atoms with E-state index in [1.165, 1.54) is 12.1 Å². The van der Waals surface area contributed by atoms with Gasteiger partial charge in [-0.05, 0) is 47.9 Å². The molecule has 0 aliphatic carbocycles. The number of hydrogen-bond acceptors (Lipinski definition) is 5. The third-order valence-electron chi connectivity index (χ3n) is 6.08. The third kappa shape index (κ3) is 4.73. The molecule has 3 aromatic heterocycles. The largest absolute Gasteiger partial charge is 0.497 e. The molecule has 5 rings (SSSR count). The van der Waals surface area contributed by atoms with Crippen molar-refractivity contribution in [2.45, 2.75) is 19.8 Å². The molecule has 0 fully saturated rings. The van der Waals surface area contributed by atoms with Gasteiger partial charge in [0.2, 0.25) is 0 Å². The van der Waals surface area contributed by atoms with Crippen LogP contribution in [-0.4, -0.2) is 37.7 Å². The minimum absolute atomic E-state index is 0.0483. The van der Waals surface area contributed by atoms with E-state index < -0.39 is 11.8 Å². The van der Waals surface area contributed by atoms with Gasteiger partial charge in [-0.1, -0.05) is 19.9 Å². The number of aromatic nitrogens is 5. The fourth-order valence-electron chi connectivity index (χ4n) is 4.03. The Morgan fingerprint density at radius 1 is 1.03 bits per heavy atom. The molecule has 2 amide bonds. The number of amides is 2. The number of pyridine rings is 1. The molecule has 10 heteroatoms. The molecule has 188 valence electrons. The summed E-state index contributed by atoms with van der Waals surface area (Å²) < 4.78 is 23.6. The maximum atomic E-state index is 15.1. The van der Waals surface area contributed by atoms with Crippen LogP contribution >= 0.6 is 0 Å². The fraction of sp³-hybridized carbons (Fsp3) is 0.185. The minimum atomic E-state index is -0.590.